The topological polar surface area (TPSA) is 80.8 Å². The summed E-state index contributed by atoms with van der Waals surface area (Å²) in [4.78, 5) is 30.7. The minimum atomic E-state index is -0.394. The van der Waals surface area contributed by atoms with Crippen LogP contribution in [0.25, 0.3) is 0 Å². The summed E-state index contributed by atoms with van der Waals surface area (Å²) in [5.41, 5.74) is 2.54. The van der Waals surface area contributed by atoms with Crippen LogP contribution >= 0.6 is 12.2 Å². The zero-order valence-corrected chi connectivity index (χ0v) is 19.3. The van der Waals surface area contributed by atoms with Crippen LogP contribution < -0.4 is 15.0 Å². The number of benzene rings is 2. The number of carbonyl (C=O) groups excluding carboxylic acids is 2. The number of esters is 1. The molecule has 0 radical (unpaired) electrons. The van der Waals surface area contributed by atoms with Crippen molar-refractivity contribution in [2.24, 2.45) is 0 Å². The number of rotatable bonds is 8. The molecule has 1 heterocycles. The monoisotopic (exact) mass is 463 g/mol. The molecule has 0 aliphatic carbocycles. The van der Waals surface area contributed by atoms with E-state index in [4.69, 9.17) is 21.7 Å². The van der Waals surface area contributed by atoms with Crippen molar-refractivity contribution in [3.63, 3.8) is 0 Å². The highest BCUT2D eigenvalue weighted by Crippen LogP contribution is 2.20. The molecule has 0 saturated heterocycles. The Labute approximate surface area is 198 Å². The predicted molar refractivity (Wildman–Crippen MR) is 130 cm³/mol. The highest BCUT2D eigenvalue weighted by molar-refractivity contribution is 7.80. The van der Waals surface area contributed by atoms with Gasteiger partial charge in [0.2, 0.25) is 0 Å². The standard InChI is InChI=1S/C25H25N3O4S/c1-3-31-22-7-5-6-20(16-22)23(29)27-25(33)28(17-18-12-14-26-15-13-18)21-10-8-19(9-11-21)24(30)32-4-2/h5-16H,3-4,17H2,1-2H3,(H,27,29,33). The van der Waals surface area contributed by atoms with Gasteiger partial charge in [0.05, 0.1) is 25.3 Å². The summed E-state index contributed by atoms with van der Waals surface area (Å²) in [7, 11) is 0. The van der Waals surface area contributed by atoms with Crippen LogP contribution in [-0.4, -0.2) is 35.2 Å². The molecule has 3 aromatic rings. The second-order valence-electron chi connectivity index (χ2n) is 6.93. The van der Waals surface area contributed by atoms with Crippen molar-refractivity contribution in [3.8, 4) is 5.75 Å². The van der Waals surface area contributed by atoms with E-state index in [0.29, 0.717) is 42.3 Å². The van der Waals surface area contributed by atoms with E-state index in [2.05, 4.69) is 10.3 Å². The quantitative estimate of drug-likeness (QED) is 0.392. The van der Waals surface area contributed by atoms with Crippen molar-refractivity contribution in [1.29, 1.82) is 0 Å². The van der Waals surface area contributed by atoms with Crippen molar-refractivity contribution in [1.82, 2.24) is 10.3 Å². The van der Waals surface area contributed by atoms with Crippen molar-refractivity contribution >= 4 is 34.9 Å². The average molecular weight is 464 g/mol. The van der Waals surface area contributed by atoms with Gasteiger partial charge in [-0.05, 0) is 86.2 Å². The Morgan fingerprint density at radius 1 is 0.970 bits per heavy atom. The van der Waals surface area contributed by atoms with E-state index in [0.717, 1.165) is 5.56 Å². The summed E-state index contributed by atoms with van der Waals surface area (Å²) >= 11 is 5.60. The molecule has 0 aliphatic heterocycles. The number of hydrogen-bond acceptors (Lipinski definition) is 6. The van der Waals surface area contributed by atoms with Crippen LogP contribution in [-0.2, 0) is 11.3 Å². The van der Waals surface area contributed by atoms with Crippen LogP contribution in [0, 0.1) is 0 Å². The number of nitrogens with one attached hydrogen (secondary N) is 1. The molecule has 0 bridgehead atoms. The fourth-order valence-corrected chi connectivity index (χ4v) is 3.34. The maximum Gasteiger partial charge on any atom is 0.338 e. The van der Waals surface area contributed by atoms with Gasteiger partial charge in [-0.1, -0.05) is 6.07 Å². The fraction of sp³-hybridized carbons (Fsp3) is 0.200. The number of aromatic nitrogens is 1. The summed E-state index contributed by atoms with van der Waals surface area (Å²) in [6, 6.07) is 17.5. The summed E-state index contributed by atoms with van der Waals surface area (Å²) < 4.78 is 10.5. The van der Waals surface area contributed by atoms with Crippen molar-refractivity contribution in [2.75, 3.05) is 18.1 Å². The molecule has 8 heteroatoms. The Hall–Kier alpha value is -3.78. The molecule has 0 aliphatic rings. The second-order valence-corrected chi connectivity index (χ2v) is 7.32. The van der Waals surface area contributed by atoms with Crippen LogP contribution in [0.1, 0.15) is 40.1 Å². The lowest BCUT2D eigenvalue weighted by Gasteiger charge is -2.26. The van der Waals surface area contributed by atoms with Crippen molar-refractivity contribution in [3.05, 3.63) is 89.7 Å². The highest BCUT2D eigenvalue weighted by atomic mass is 32.1. The number of ether oxygens (including phenoxy) is 2. The zero-order valence-electron chi connectivity index (χ0n) is 18.5. The molecular weight excluding hydrogens is 438 g/mol. The van der Waals surface area contributed by atoms with E-state index in [-0.39, 0.29) is 11.0 Å². The van der Waals surface area contributed by atoms with E-state index in [9.17, 15) is 9.59 Å². The first-order chi connectivity index (χ1) is 16.0. The summed E-state index contributed by atoms with van der Waals surface area (Å²) in [5.74, 6) is -0.126. The van der Waals surface area contributed by atoms with E-state index in [1.165, 1.54) is 0 Å². The van der Waals surface area contributed by atoms with Gasteiger partial charge in [0.15, 0.2) is 5.11 Å². The van der Waals surface area contributed by atoms with Crippen LogP contribution in [0.4, 0.5) is 5.69 Å². The Bertz CT molecular complexity index is 1100. The Kier molecular flexibility index (Phi) is 8.49. The van der Waals surface area contributed by atoms with Gasteiger partial charge >= 0.3 is 5.97 Å². The molecule has 0 saturated carbocycles. The molecule has 0 unspecified atom stereocenters. The molecule has 0 fully saturated rings. The van der Waals surface area contributed by atoms with Gasteiger partial charge in [0.25, 0.3) is 5.91 Å². The number of amides is 1. The van der Waals surface area contributed by atoms with E-state index in [1.54, 1.807) is 72.7 Å². The molecule has 0 atom stereocenters. The molecule has 7 nitrogen and oxygen atoms in total. The lowest BCUT2D eigenvalue weighted by Crippen LogP contribution is -2.42. The lowest BCUT2D eigenvalue weighted by molar-refractivity contribution is 0.0526. The Morgan fingerprint density at radius 3 is 2.36 bits per heavy atom. The van der Waals surface area contributed by atoms with Crippen LogP contribution in [0.3, 0.4) is 0 Å². The summed E-state index contributed by atoms with van der Waals surface area (Å²) in [6.45, 7) is 4.85. The minimum Gasteiger partial charge on any atom is -0.494 e. The molecule has 3 rings (SSSR count). The smallest absolute Gasteiger partial charge is 0.338 e. The second kappa shape index (κ2) is 11.7. The van der Waals surface area contributed by atoms with Crippen molar-refractivity contribution < 1.29 is 19.1 Å². The predicted octanol–water partition coefficient (Wildman–Crippen LogP) is 4.38. The average Bonchev–Trinajstić information content (AvgIpc) is 2.84. The summed E-state index contributed by atoms with van der Waals surface area (Å²) in [5, 5.41) is 3.02. The number of hydrogen-bond donors (Lipinski definition) is 1. The molecule has 1 aromatic heterocycles. The van der Waals surface area contributed by atoms with Gasteiger partial charge in [-0.15, -0.1) is 0 Å². The van der Waals surface area contributed by atoms with Gasteiger partial charge < -0.3 is 14.4 Å². The molecular formula is C25H25N3O4S. The SMILES string of the molecule is CCOC(=O)c1ccc(N(Cc2ccncc2)C(=S)NC(=O)c2cccc(OCC)c2)cc1. The zero-order chi connectivity index (χ0) is 23.6. The normalized spacial score (nSPS) is 10.2. The molecule has 170 valence electrons. The molecule has 1 N–H and O–H groups in total. The molecule has 1 amide bonds. The van der Waals surface area contributed by atoms with Gasteiger partial charge in [-0.2, -0.15) is 0 Å². The maximum atomic E-state index is 12.9. The third-order valence-electron chi connectivity index (χ3n) is 4.65. The Morgan fingerprint density at radius 2 is 1.70 bits per heavy atom. The largest absolute Gasteiger partial charge is 0.494 e. The first-order valence-electron chi connectivity index (χ1n) is 10.5. The Balaban J connectivity index is 1.83. The van der Waals surface area contributed by atoms with E-state index in [1.807, 2.05) is 19.1 Å². The molecule has 2 aromatic carbocycles. The first kappa shape index (κ1) is 23.9. The third kappa shape index (κ3) is 6.60. The number of thiocarbonyl (C=S) groups is 1. The fourth-order valence-electron chi connectivity index (χ4n) is 3.07. The highest BCUT2D eigenvalue weighted by Gasteiger charge is 2.18. The van der Waals surface area contributed by atoms with Crippen LogP contribution in [0.2, 0.25) is 0 Å². The third-order valence-corrected chi connectivity index (χ3v) is 4.98. The van der Waals surface area contributed by atoms with Gasteiger partial charge in [0.1, 0.15) is 5.75 Å². The van der Waals surface area contributed by atoms with Crippen molar-refractivity contribution in [2.45, 2.75) is 20.4 Å². The van der Waals surface area contributed by atoms with Gasteiger partial charge in [-0.25, -0.2) is 4.79 Å². The van der Waals surface area contributed by atoms with Gasteiger partial charge in [0, 0.05) is 23.6 Å². The number of anilines is 1. The maximum absolute atomic E-state index is 12.9. The van der Waals surface area contributed by atoms with Crippen LogP contribution in [0.5, 0.6) is 5.75 Å². The number of pyridine rings is 1. The van der Waals surface area contributed by atoms with E-state index < -0.39 is 5.97 Å². The lowest BCUT2D eigenvalue weighted by atomic mass is 10.1. The minimum absolute atomic E-state index is 0.225. The molecule has 0 spiro atoms. The number of nitrogens with zero attached hydrogens (tertiary/aromatic N) is 2. The van der Waals surface area contributed by atoms with Gasteiger partial charge in [-0.3, -0.25) is 15.1 Å². The van der Waals surface area contributed by atoms with Crippen LogP contribution in [0.15, 0.2) is 73.1 Å². The van der Waals surface area contributed by atoms with E-state index >= 15 is 0 Å². The number of carbonyl (C=O) groups is 2. The first-order valence-corrected chi connectivity index (χ1v) is 10.9. The summed E-state index contributed by atoms with van der Waals surface area (Å²) in [6.07, 6.45) is 3.39. The molecule has 33 heavy (non-hydrogen) atoms.